The average molecular weight is 286 g/mol. The summed E-state index contributed by atoms with van der Waals surface area (Å²) in [4.78, 5) is 34.1. The second-order valence-electron chi connectivity index (χ2n) is 4.85. The van der Waals surface area contributed by atoms with Crippen LogP contribution >= 0.6 is 0 Å². The van der Waals surface area contributed by atoms with E-state index < -0.39 is 10.5 Å². The maximum atomic E-state index is 12.3. The third-order valence-electron chi connectivity index (χ3n) is 3.17. The summed E-state index contributed by atoms with van der Waals surface area (Å²) in [6.07, 6.45) is 1.09. The number of nitro groups is 1. The van der Waals surface area contributed by atoms with E-state index in [1.807, 2.05) is 26.0 Å². The summed E-state index contributed by atoms with van der Waals surface area (Å²) in [7, 11) is 0. The molecular weight excluding hydrogens is 272 g/mol. The number of aromatic nitrogens is 1. The lowest BCUT2D eigenvalue weighted by molar-refractivity contribution is -0.385. The molecule has 0 aliphatic carbocycles. The monoisotopic (exact) mass is 286 g/mol. The van der Waals surface area contributed by atoms with Gasteiger partial charge in [-0.05, 0) is 19.4 Å². The van der Waals surface area contributed by atoms with Crippen molar-refractivity contribution in [1.29, 1.82) is 0 Å². The molecule has 1 heterocycles. The number of carbonyl (C=O) groups is 1. The summed E-state index contributed by atoms with van der Waals surface area (Å²) >= 11 is 0. The Morgan fingerprint density at radius 1 is 1.24 bits per heavy atom. The number of aryl methyl sites for hydroxylation is 2. The highest BCUT2D eigenvalue weighted by atomic mass is 16.6. The first-order chi connectivity index (χ1) is 9.88. The molecule has 1 aromatic carbocycles. The Bertz CT molecular complexity index is 777. The van der Waals surface area contributed by atoms with Crippen LogP contribution in [0.15, 0.2) is 41.3 Å². The summed E-state index contributed by atoms with van der Waals surface area (Å²) in [5.41, 5.74) is 1.70. The fourth-order valence-electron chi connectivity index (χ4n) is 2.12. The minimum atomic E-state index is -0.600. The van der Waals surface area contributed by atoms with Gasteiger partial charge in [0.15, 0.2) is 5.78 Å². The maximum absolute atomic E-state index is 12.3. The Kier molecular flexibility index (Phi) is 3.98. The molecule has 2 aromatic rings. The molecule has 0 radical (unpaired) electrons. The molecule has 0 saturated heterocycles. The van der Waals surface area contributed by atoms with Crippen LogP contribution in [-0.4, -0.2) is 15.3 Å². The van der Waals surface area contributed by atoms with Gasteiger partial charge in [-0.1, -0.05) is 23.8 Å². The minimum Gasteiger partial charge on any atom is -0.301 e. The molecule has 0 aliphatic rings. The van der Waals surface area contributed by atoms with Crippen molar-refractivity contribution in [1.82, 2.24) is 4.57 Å². The lowest BCUT2D eigenvalue weighted by Gasteiger charge is -2.08. The van der Waals surface area contributed by atoms with Crippen LogP contribution in [0.1, 0.15) is 21.5 Å². The molecule has 21 heavy (non-hydrogen) atoms. The smallest absolute Gasteiger partial charge is 0.285 e. The summed E-state index contributed by atoms with van der Waals surface area (Å²) in [6, 6.07) is 7.61. The van der Waals surface area contributed by atoms with Gasteiger partial charge < -0.3 is 4.57 Å². The van der Waals surface area contributed by atoms with Gasteiger partial charge in [-0.25, -0.2) is 0 Å². The number of hydrogen-bond donors (Lipinski definition) is 0. The maximum Gasteiger partial charge on any atom is 0.285 e. The van der Waals surface area contributed by atoms with Crippen LogP contribution in [0.3, 0.4) is 0 Å². The highest BCUT2D eigenvalue weighted by Crippen LogP contribution is 2.13. The normalized spacial score (nSPS) is 10.4. The molecule has 0 atom stereocenters. The van der Waals surface area contributed by atoms with E-state index in [2.05, 4.69) is 0 Å². The largest absolute Gasteiger partial charge is 0.301 e. The molecular formula is C15H14N2O4. The van der Waals surface area contributed by atoms with Gasteiger partial charge in [-0.3, -0.25) is 19.7 Å². The number of ketones is 1. The molecule has 0 N–H and O–H groups in total. The van der Waals surface area contributed by atoms with E-state index in [0.717, 1.165) is 34.0 Å². The second kappa shape index (κ2) is 5.70. The van der Waals surface area contributed by atoms with E-state index in [0.29, 0.717) is 5.56 Å². The van der Waals surface area contributed by atoms with Crippen molar-refractivity contribution in [3.8, 4) is 0 Å². The standard InChI is InChI=1S/C15H14N2O4/c1-10-3-5-13(11(2)7-10)14(18)9-16-8-12(17(20)21)4-6-15(16)19/h3-8H,9H2,1-2H3. The van der Waals surface area contributed by atoms with E-state index in [1.165, 1.54) is 0 Å². The molecule has 0 bridgehead atoms. The summed E-state index contributed by atoms with van der Waals surface area (Å²) < 4.78 is 1.06. The van der Waals surface area contributed by atoms with Gasteiger partial charge in [-0.15, -0.1) is 0 Å². The molecule has 0 amide bonds. The van der Waals surface area contributed by atoms with E-state index >= 15 is 0 Å². The van der Waals surface area contributed by atoms with Crippen LogP contribution in [0, 0.1) is 24.0 Å². The topological polar surface area (TPSA) is 82.2 Å². The Balaban J connectivity index is 2.33. The van der Waals surface area contributed by atoms with Gasteiger partial charge in [0.05, 0.1) is 17.7 Å². The average Bonchev–Trinajstić information content (AvgIpc) is 2.40. The number of rotatable bonds is 4. The Hall–Kier alpha value is -2.76. The molecule has 0 aliphatic heterocycles. The third-order valence-corrected chi connectivity index (χ3v) is 3.17. The Morgan fingerprint density at radius 3 is 2.57 bits per heavy atom. The van der Waals surface area contributed by atoms with Crippen molar-refractivity contribution in [3.05, 3.63) is 73.7 Å². The van der Waals surface area contributed by atoms with Gasteiger partial charge in [-0.2, -0.15) is 0 Å². The lowest BCUT2D eigenvalue weighted by atomic mass is 10.0. The molecule has 2 rings (SSSR count). The zero-order valence-electron chi connectivity index (χ0n) is 11.7. The SMILES string of the molecule is Cc1ccc(C(=O)Cn2cc([N+](=O)[O-])ccc2=O)c(C)c1. The van der Waals surface area contributed by atoms with Crippen molar-refractivity contribution in [2.24, 2.45) is 0 Å². The van der Waals surface area contributed by atoms with Gasteiger partial charge in [0.25, 0.3) is 11.2 Å². The Morgan fingerprint density at radius 2 is 1.95 bits per heavy atom. The predicted molar refractivity (Wildman–Crippen MR) is 77.6 cm³/mol. The number of carbonyl (C=O) groups excluding carboxylic acids is 1. The zero-order valence-corrected chi connectivity index (χ0v) is 11.7. The number of hydrogen-bond acceptors (Lipinski definition) is 4. The molecule has 6 nitrogen and oxygen atoms in total. The van der Waals surface area contributed by atoms with Crippen molar-refractivity contribution >= 4 is 11.5 Å². The zero-order chi connectivity index (χ0) is 15.6. The molecule has 1 aromatic heterocycles. The molecule has 0 saturated carbocycles. The Labute approximate surface area is 120 Å². The number of benzene rings is 1. The first-order valence-corrected chi connectivity index (χ1v) is 6.34. The van der Waals surface area contributed by atoms with Crippen molar-refractivity contribution in [2.75, 3.05) is 0 Å². The van der Waals surface area contributed by atoms with Crippen LogP contribution in [0.25, 0.3) is 0 Å². The quantitative estimate of drug-likeness (QED) is 0.490. The van der Waals surface area contributed by atoms with E-state index in [9.17, 15) is 19.7 Å². The van der Waals surface area contributed by atoms with Gasteiger partial charge in [0, 0.05) is 17.7 Å². The number of pyridine rings is 1. The molecule has 108 valence electrons. The second-order valence-corrected chi connectivity index (χ2v) is 4.85. The summed E-state index contributed by atoms with van der Waals surface area (Å²) in [5, 5.41) is 10.7. The van der Waals surface area contributed by atoms with Crippen LogP contribution in [0.4, 0.5) is 5.69 Å². The highest BCUT2D eigenvalue weighted by Gasteiger charge is 2.13. The van der Waals surface area contributed by atoms with E-state index in [1.54, 1.807) is 6.07 Å². The van der Waals surface area contributed by atoms with Crippen LogP contribution in [0.5, 0.6) is 0 Å². The first-order valence-electron chi connectivity index (χ1n) is 6.34. The van der Waals surface area contributed by atoms with Crippen molar-refractivity contribution in [2.45, 2.75) is 20.4 Å². The molecule has 0 unspecified atom stereocenters. The molecule has 6 heteroatoms. The fourth-order valence-corrected chi connectivity index (χ4v) is 2.12. The van der Waals surface area contributed by atoms with E-state index in [-0.39, 0.29) is 18.0 Å². The van der Waals surface area contributed by atoms with Crippen molar-refractivity contribution in [3.63, 3.8) is 0 Å². The summed E-state index contributed by atoms with van der Waals surface area (Å²) in [6.45, 7) is 3.52. The van der Waals surface area contributed by atoms with Crippen LogP contribution in [-0.2, 0) is 6.54 Å². The first kappa shape index (κ1) is 14.6. The van der Waals surface area contributed by atoms with Gasteiger partial charge in [0.2, 0.25) is 0 Å². The van der Waals surface area contributed by atoms with Gasteiger partial charge in [0.1, 0.15) is 0 Å². The summed E-state index contributed by atoms with van der Waals surface area (Å²) in [5.74, 6) is -0.255. The third kappa shape index (κ3) is 3.22. The van der Waals surface area contributed by atoms with Gasteiger partial charge >= 0.3 is 0 Å². The van der Waals surface area contributed by atoms with E-state index in [4.69, 9.17) is 0 Å². The molecule has 0 fully saturated rings. The number of Topliss-reactive ketones (excluding diaryl/α,β-unsaturated/α-hetero) is 1. The number of nitrogens with zero attached hydrogens (tertiary/aromatic N) is 2. The minimum absolute atomic E-state index is 0.218. The lowest BCUT2D eigenvalue weighted by Crippen LogP contribution is -2.23. The van der Waals surface area contributed by atoms with Crippen molar-refractivity contribution < 1.29 is 9.72 Å². The highest BCUT2D eigenvalue weighted by molar-refractivity contribution is 5.97. The van der Waals surface area contributed by atoms with Crippen LogP contribution in [0.2, 0.25) is 0 Å². The fraction of sp³-hybridized carbons (Fsp3) is 0.200. The molecule has 0 spiro atoms. The predicted octanol–water partition coefficient (Wildman–Crippen LogP) is 2.26. The van der Waals surface area contributed by atoms with Crippen LogP contribution < -0.4 is 5.56 Å².